The van der Waals surface area contributed by atoms with Crippen LogP contribution in [0.5, 0.6) is 0 Å². The molecule has 1 aromatic rings. The maximum absolute atomic E-state index is 13.3. The van der Waals surface area contributed by atoms with Crippen LogP contribution in [-0.2, 0) is 11.3 Å². The zero-order valence-corrected chi connectivity index (χ0v) is 17.0. The lowest BCUT2D eigenvalue weighted by Crippen LogP contribution is -2.56. The summed E-state index contributed by atoms with van der Waals surface area (Å²) in [6.07, 6.45) is 4.13. The third kappa shape index (κ3) is 3.86. The van der Waals surface area contributed by atoms with Crippen molar-refractivity contribution in [2.45, 2.75) is 65.1 Å². The van der Waals surface area contributed by atoms with E-state index >= 15 is 0 Å². The first-order valence-electron chi connectivity index (χ1n) is 10.1. The van der Waals surface area contributed by atoms with Crippen molar-refractivity contribution in [3.63, 3.8) is 0 Å². The van der Waals surface area contributed by atoms with Crippen LogP contribution in [-0.4, -0.2) is 62.8 Å². The minimum Gasteiger partial charge on any atom is -0.309 e. The van der Waals surface area contributed by atoms with Gasteiger partial charge in [0.05, 0.1) is 5.69 Å². The Morgan fingerprint density at radius 2 is 1.81 bits per heavy atom. The van der Waals surface area contributed by atoms with E-state index in [-0.39, 0.29) is 18.0 Å². The number of nitrogens with zero attached hydrogens (tertiary/aromatic N) is 4. The standard InChI is InChI=1S/C21H32N4O2/c1-16(2)8-12-24-20(27)25(17(3)4)19(26)21(24)9-13-23(14-10-21)15-18-7-5-6-11-22-18/h5-7,11,16-17H,8-10,12-15H2,1-4H3. The molecule has 6 heteroatoms. The van der Waals surface area contributed by atoms with Crippen molar-refractivity contribution >= 4 is 11.9 Å². The number of carbonyl (C=O) groups is 2. The maximum Gasteiger partial charge on any atom is 0.327 e. The van der Waals surface area contributed by atoms with Gasteiger partial charge in [-0.1, -0.05) is 19.9 Å². The topological polar surface area (TPSA) is 56.8 Å². The zero-order chi connectivity index (χ0) is 19.6. The van der Waals surface area contributed by atoms with Crippen LogP contribution in [0.25, 0.3) is 0 Å². The lowest BCUT2D eigenvalue weighted by molar-refractivity contribution is -0.136. The Morgan fingerprint density at radius 1 is 1.11 bits per heavy atom. The normalized spacial score (nSPS) is 20.5. The summed E-state index contributed by atoms with van der Waals surface area (Å²) in [5.74, 6) is 0.506. The summed E-state index contributed by atoms with van der Waals surface area (Å²) in [6.45, 7) is 11.2. The number of piperidine rings is 1. The van der Waals surface area contributed by atoms with Gasteiger partial charge in [0.15, 0.2) is 0 Å². The molecule has 0 aliphatic carbocycles. The summed E-state index contributed by atoms with van der Waals surface area (Å²) in [7, 11) is 0. The van der Waals surface area contributed by atoms with E-state index in [0.29, 0.717) is 25.3 Å². The molecule has 2 saturated heterocycles. The number of rotatable bonds is 6. The van der Waals surface area contributed by atoms with Gasteiger partial charge in [0.2, 0.25) is 0 Å². The van der Waals surface area contributed by atoms with Gasteiger partial charge in [-0.2, -0.15) is 0 Å². The molecule has 0 saturated carbocycles. The summed E-state index contributed by atoms with van der Waals surface area (Å²) in [5, 5.41) is 0. The van der Waals surface area contributed by atoms with E-state index in [9.17, 15) is 9.59 Å². The summed E-state index contributed by atoms with van der Waals surface area (Å²) in [6, 6.07) is 5.75. The van der Waals surface area contributed by atoms with Crippen LogP contribution in [0.3, 0.4) is 0 Å². The van der Waals surface area contributed by atoms with Gasteiger partial charge >= 0.3 is 6.03 Å². The van der Waals surface area contributed by atoms with E-state index in [4.69, 9.17) is 0 Å². The summed E-state index contributed by atoms with van der Waals surface area (Å²) >= 11 is 0. The highest BCUT2D eigenvalue weighted by Crippen LogP contribution is 2.38. The molecule has 1 spiro atoms. The molecule has 0 radical (unpaired) electrons. The van der Waals surface area contributed by atoms with Crippen molar-refractivity contribution in [3.05, 3.63) is 30.1 Å². The van der Waals surface area contributed by atoms with Crippen molar-refractivity contribution in [3.8, 4) is 0 Å². The molecule has 2 fully saturated rings. The van der Waals surface area contributed by atoms with E-state index in [1.54, 1.807) is 0 Å². The van der Waals surface area contributed by atoms with Gasteiger partial charge in [0.25, 0.3) is 5.91 Å². The average Bonchev–Trinajstić information content (AvgIpc) is 2.83. The highest BCUT2D eigenvalue weighted by molar-refractivity contribution is 6.07. The molecule has 0 N–H and O–H groups in total. The summed E-state index contributed by atoms with van der Waals surface area (Å²) in [4.78, 5) is 36.4. The molecular weight excluding hydrogens is 340 g/mol. The van der Waals surface area contributed by atoms with Gasteiger partial charge < -0.3 is 4.90 Å². The van der Waals surface area contributed by atoms with Crippen LogP contribution in [0.2, 0.25) is 0 Å². The number of hydrogen-bond donors (Lipinski definition) is 0. The van der Waals surface area contributed by atoms with Crippen LogP contribution in [0.4, 0.5) is 4.79 Å². The molecule has 3 heterocycles. The van der Waals surface area contributed by atoms with Gasteiger partial charge in [0.1, 0.15) is 5.54 Å². The fraction of sp³-hybridized carbons (Fsp3) is 0.667. The molecule has 0 bridgehead atoms. The van der Waals surface area contributed by atoms with E-state index in [1.807, 2.05) is 43.1 Å². The molecule has 3 amide bonds. The highest BCUT2D eigenvalue weighted by atomic mass is 16.2. The Labute approximate surface area is 162 Å². The lowest BCUT2D eigenvalue weighted by Gasteiger charge is -2.42. The number of aromatic nitrogens is 1. The molecular formula is C21H32N4O2. The number of carbonyl (C=O) groups excluding carboxylic acids is 2. The Morgan fingerprint density at radius 3 is 2.37 bits per heavy atom. The minimum atomic E-state index is -0.656. The van der Waals surface area contributed by atoms with E-state index < -0.39 is 5.54 Å². The number of amides is 3. The Bertz CT molecular complexity index is 666. The van der Waals surface area contributed by atoms with Gasteiger partial charge in [0, 0.05) is 38.4 Å². The fourth-order valence-corrected chi connectivity index (χ4v) is 4.18. The molecule has 0 aromatic carbocycles. The number of likely N-dealkylation sites (tertiary alicyclic amines) is 1. The predicted octanol–water partition coefficient (Wildman–Crippen LogP) is 3.13. The van der Waals surface area contributed by atoms with Gasteiger partial charge in [-0.15, -0.1) is 0 Å². The highest BCUT2D eigenvalue weighted by Gasteiger charge is 2.58. The second kappa shape index (κ2) is 7.97. The summed E-state index contributed by atoms with van der Waals surface area (Å²) < 4.78 is 0. The number of hydrogen-bond acceptors (Lipinski definition) is 4. The quantitative estimate of drug-likeness (QED) is 0.720. The first-order chi connectivity index (χ1) is 12.8. The van der Waals surface area contributed by atoms with Crippen LogP contribution >= 0.6 is 0 Å². The number of pyridine rings is 1. The fourth-order valence-electron chi connectivity index (χ4n) is 4.18. The maximum atomic E-state index is 13.3. The third-order valence-corrected chi connectivity index (χ3v) is 5.81. The first-order valence-corrected chi connectivity index (χ1v) is 10.1. The zero-order valence-electron chi connectivity index (χ0n) is 17.0. The Balaban J connectivity index is 1.75. The van der Waals surface area contributed by atoms with Gasteiger partial charge in [-0.05, 0) is 51.2 Å². The monoisotopic (exact) mass is 372 g/mol. The second-order valence-corrected chi connectivity index (χ2v) is 8.51. The second-order valence-electron chi connectivity index (χ2n) is 8.51. The molecule has 2 aliphatic heterocycles. The van der Waals surface area contributed by atoms with Crippen LogP contribution in [0.15, 0.2) is 24.4 Å². The molecule has 1 aromatic heterocycles. The largest absolute Gasteiger partial charge is 0.327 e. The minimum absolute atomic E-state index is 0.00347. The predicted molar refractivity (Wildman–Crippen MR) is 105 cm³/mol. The van der Waals surface area contributed by atoms with Crippen molar-refractivity contribution < 1.29 is 9.59 Å². The molecule has 2 aliphatic rings. The van der Waals surface area contributed by atoms with Gasteiger partial charge in [-0.3, -0.25) is 19.6 Å². The molecule has 27 heavy (non-hydrogen) atoms. The van der Waals surface area contributed by atoms with Gasteiger partial charge in [-0.25, -0.2) is 4.79 Å². The van der Waals surface area contributed by atoms with Crippen molar-refractivity contribution in [2.75, 3.05) is 19.6 Å². The number of imide groups is 1. The smallest absolute Gasteiger partial charge is 0.309 e. The molecule has 6 nitrogen and oxygen atoms in total. The van der Waals surface area contributed by atoms with E-state index in [2.05, 4.69) is 23.7 Å². The molecule has 0 atom stereocenters. The molecule has 0 unspecified atom stereocenters. The molecule has 148 valence electrons. The summed E-state index contributed by atoms with van der Waals surface area (Å²) in [5.41, 5.74) is 0.388. The molecule has 3 rings (SSSR count). The van der Waals surface area contributed by atoms with Crippen molar-refractivity contribution in [1.29, 1.82) is 0 Å². The average molecular weight is 373 g/mol. The van der Waals surface area contributed by atoms with Crippen LogP contribution < -0.4 is 0 Å². The van der Waals surface area contributed by atoms with E-state index in [0.717, 1.165) is 31.7 Å². The lowest BCUT2D eigenvalue weighted by atomic mass is 9.85. The van der Waals surface area contributed by atoms with Crippen LogP contribution in [0, 0.1) is 5.92 Å². The third-order valence-electron chi connectivity index (χ3n) is 5.81. The van der Waals surface area contributed by atoms with E-state index in [1.165, 1.54) is 4.90 Å². The van der Waals surface area contributed by atoms with Crippen LogP contribution in [0.1, 0.15) is 52.7 Å². The Kier molecular flexibility index (Phi) is 5.84. The van der Waals surface area contributed by atoms with Crippen molar-refractivity contribution in [2.24, 2.45) is 5.92 Å². The number of urea groups is 1. The van der Waals surface area contributed by atoms with Crippen molar-refractivity contribution in [1.82, 2.24) is 19.7 Å². The SMILES string of the molecule is CC(C)CCN1C(=O)N(C(C)C)C(=O)C12CCN(Cc1ccccn1)CC2. The Hall–Kier alpha value is -1.95. The first kappa shape index (κ1) is 19.8.